The molecule has 1 aliphatic heterocycles. The average molecular weight is 386 g/mol. The number of aromatic nitrogens is 5. The molecule has 0 saturated carbocycles. The lowest BCUT2D eigenvalue weighted by molar-refractivity contribution is -0.384. The predicted octanol–water partition coefficient (Wildman–Crippen LogP) is 2.67. The third-order valence-electron chi connectivity index (χ3n) is 4.67. The monoisotopic (exact) mass is 386 g/mol. The van der Waals surface area contributed by atoms with Crippen molar-refractivity contribution in [2.24, 2.45) is 0 Å². The Morgan fingerprint density at radius 3 is 2.89 bits per heavy atom. The summed E-state index contributed by atoms with van der Waals surface area (Å²) in [5, 5.41) is 31.2. The van der Waals surface area contributed by atoms with Crippen LogP contribution in [0.5, 0.6) is 0 Å². The Labute approximate surface area is 160 Å². The second kappa shape index (κ2) is 6.95. The quantitative estimate of drug-likeness (QED) is 0.528. The van der Waals surface area contributed by atoms with Crippen molar-refractivity contribution >= 4 is 16.6 Å². The smallest absolute Gasteiger partial charge is 0.316 e. The van der Waals surface area contributed by atoms with Gasteiger partial charge >= 0.3 is 5.69 Å². The van der Waals surface area contributed by atoms with Crippen molar-refractivity contribution in [1.29, 1.82) is 0 Å². The van der Waals surface area contributed by atoms with Gasteiger partial charge in [-0.15, -0.1) is 0 Å². The number of hydrogen-bond acceptors (Lipinski definition) is 7. The maximum absolute atomic E-state index is 11.6. The molecule has 0 aliphatic carbocycles. The third kappa shape index (κ3) is 3.60. The second-order valence-electron chi connectivity index (χ2n) is 7.66. The molecule has 10 nitrogen and oxygen atoms in total. The van der Waals surface area contributed by atoms with E-state index in [1.165, 1.54) is 10.9 Å². The molecule has 1 atom stereocenters. The van der Waals surface area contributed by atoms with Gasteiger partial charge in [-0.1, -0.05) is 0 Å². The van der Waals surface area contributed by atoms with Crippen molar-refractivity contribution in [3.8, 4) is 11.4 Å². The van der Waals surface area contributed by atoms with Crippen LogP contribution in [0.15, 0.2) is 24.7 Å². The summed E-state index contributed by atoms with van der Waals surface area (Å²) in [4.78, 5) is 15.5. The molecule has 1 N–H and O–H groups in total. The van der Waals surface area contributed by atoms with Crippen LogP contribution in [-0.4, -0.2) is 46.8 Å². The first-order chi connectivity index (χ1) is 13.3. The lowest BCUT2D eigenvalue weighted by Crippen LogP contribution is -2.26. The molecule has 0 radical (unpaired) electrons. The maximum Gasteiger partial charge on any atom is 0.316 e. The van der Waals surface area contributed by atoms with E-state index >= 15 is 0 Å². The largest absolute Gasteiger partial charge is 0.389 e. The van der Waals surface area contributed by atoms with Crippen molar-refractivity contribution < 1.29 is 14.8 Å². The zero-order valence-electron chi connectivity index (χ0n) is 15.8. The van der Waals surface area contributed by atoms with Crippen LogP contribution in [-0.2, 0) is 11.3 Å². The Bertz CT molecular complexity index is 1010. The molecule has 28 heavy (non-hydrogen) atoms. The minimum atomic E-state index is -0.950. The highest BCUT2D eigenvalue weighted by Crippen LogP contribution is 2.32. The van der Waals surface area contributed by atoms with E-state index in [9.17, 15) is 15.2 Å². The first-order valence-electron chi connectivity index (χ1n) is 9.21. The van der Waals surface area contributed by atoms with Crippen LogP contribution < -0.4 is 0 Å². The molecular formula is C18H22N6O4. The minimum absolute atomic E-state index is 0.116. The van der Waals surface area contributed by atoms with Gasteiger partial charge in [-0.2, -0.15) is 10.2 Å². The predicted molar refractivity (Wildman–Crippen MR) is 101 cm³/mol. The Morgan fingerprint density at radius 1 is 1.39 bits per heavy atom. The van der Waals surface area contributed by atoms with Crippen LogP contribution in [0.1, 0.15) is 39.3 Å². The summed E-state index contributed by atoms with van der Waals surface area (Å²) in [5.41, 5.74) is 0.233. The van der Waals surface area contributed by atoms with E-state index in [2.05, 4.69) is 15.2 Å². The number of nitrogens with zero attached hydrogens (tertiary/aromatic N) is 6. The number of hydrogen-bond donors (Lipinski definition) is 1. The summed E-state index contributed by atoms with van der Waals surface area (Å²) >= 11 is 0. The minimum Gasteiger partial charge on any atom is -0.389 e. The van der Waals surface area contributed by atoms with Crippen molar-refractivity contribution in [2.75, 3.05) is 6.61 Å². The first kappa shape index (κ1) is 18.5. The number of rotatable bonds is 5. The SMILES string of the molecule is CC(C)(O)Cn1ncc2cnc(-c3nn(C4CCCCO4)cc3[N+](=O)[O-])cc21. The van der Waals surface area contributed by atoms with Gasteiger partial charge in [0, 0.05) is 18.2 Å². The van der Waals surface area contributed by atoms with Crippen molar-refractivity contribution in [2.45, 2.75) is 51.5 Å². The highest BCUT2D eigenvalue weighted by molar-refractivity contribution is 5.82. The van der Waals surface area contributed by atoms with Crippen molar-refractivity contribution in [3.63, 3.8) is 0 Å². The van der Waals surface area contributed by atoms with Gasteiger partial charge in [0.05, 0.1) is 34.5 Å². The van der Waals surface area contributed by atoms with Gasteiger partial charge in [-0.3, -0.25) is 19.8 Å². The van der Waals surface area contributed by atoms with E-state index in [4.69, 9.17) is 4.74 Å². The molecule has 1 unspecified atom stereocenters. The van der Waals surface area contributed by atoms with Crippen LogP contribution in [0.4, 0.5) is 5.69 Å². The summed E-state index contributed by atoms with van der Waals surface area (Å²) in [6, 6.07) is 1.72. The maximum atomic E-state index is 11.6. The topological polar surface area (TPSA) is 121 Å². The lowest BCUT2D eigenvalue weighted by atomic mass is 10.1. The van der Waals surface area contributed by atoms with Gasteiger partial charge in [-0.05, 0) is 39.2 Å². The molecule has 3 aromatic rings. The highest BCUT2D eigenvalue weighted by atomic mass is 16.6. The van der Waals surface area contributed by atoms with Crippen LogP contribution in [0, 0.1) is 10.1 Å². The summed E-state index contributed by atoms with van der Waals surface area (Å²) < 4.78 is 8.88. The van der Waals surface area contributed by atoms with Crippen molar-refractivity contribution in [3.05, 3.63) is 34.8 Å². The number of ether oxygens (including phenoxy) is 1. The van der Waals surface area contributed by atoms with Crippen molar-refractivity contribution in [1.82, 2.24) is 24.5 Å². The van der Waals surface area contributed by atoms with E-state index < -0.39 is 10.5 Å². The molecule has 10 heteroatoms. The molecule has 148 valence electrons. The zero-order chi connectivity index (χ0) is 19.9. The number of pyridine rings is 1. The Balaban J connectivity index is 1.77. The Hall–Kier alpha value is -2.85. The summed E-state index contributed by atoms with van der Waals surface area (Å²) in [7, 11) is 0. The van der Waals surface area contributed by atoms with Crippen LogP contribution in [0.3, 0.4) is 0 Å². The van der Waals surface area contributed by atoms with Gasteiger partial charge in [0.2, 0.25) is 0 Å². The Morgan fingerprint density at radius 2 is 2.21 bits per heavy atom. The van der Waals surface area contributed by atoms with E-state index in [1.807, 2.05) is 0 Å². The van der Waals surface area contributed by atoms with Crippen LogP contribution in [0.25, 0.3) is 22.3 Å². The van der Waals surface area contributed by atoms with E-state index in [-0.39, 0.29) is 24.2 Å². The number of aliphatic hydroxyl groups is 1. The normalized spacial score (nSPS) is 17.9. The fourth-order valence-corrected chi connectivity index (χ4v) is 3.37. The lowest BCUT2D eigenvalue weighted by Gasteiger charge is -2.22. The summed E-state index contributed by atoms with van der Waals surface area (Å²) in [6.45, 7) is 4.29. The van der Waals surface area contributed by atoms with Gasteiger partial charge in [-0.25, -0.2) is 4.68 Å². The molecule has 0 amide bonds. The molecule has 0 aromatic carbocycles. The zero-order valence-corrected chi connectivity index (χ0v) is 15.8. The molecule has 3 aromatic heterocycles. The van der Waals surface area contributed by atoms with E-state index in [0.29, 0.717) is 12.3 Å². The van der Waals surface area contributed by atoms with Gasteiger partial charge < -0.3 is 9.84 Å². The second-order valence-corrected chi connectivity index (χ2v) is 7.66. The molecule has 1 aliphatic rings. The summed E-state index contributed by atoms with van der Waals surface area (Å²) in [5.74, 6) is 0. The fourth-order valence-electron chi connectivity index (χ4n) is 3.37. The molecule has 0 spiro atoms. The van der Waals surface area contributed by atoms with Gasteiger partial charge in [0.1, 0.15) is 12.4 Å². The van der Waals surface area contributed by atoms with E-state index in [0.717, 1.165) is 30.2 Å². The molecular weight excluding hydrogens is 364 g/mol. The number of nitro groups is 1. The molecule has 4 rings (SSSR count). The number of fused-ring (bicyclic) bond motifs is 1. The Kier molecular flexibility index (Phi) is 4.60. The fraction of sp³-hybridized carbons (Fsp3) is 0.500. The molecule has 1 fully saturated rings. The van der Waals surface area contributed by atoms with E-state index in [1.54, 1.807) is 37.0 Å². The first-order valence-corrected chi connectivity index (χ1v) is 9.21. The molecule has 4 heterocycles. The standard InChI is InChI=1S/C18H22N6O4/c1-18(2,25)11-23-14-7-13(19-8-12(14)9-20-23)17-15(24(26)27)10-22(21-17)16-5-3-4-6-28-16/h7-10,16,25H,3-6,11H2,1-2H3. The van der Waals surface area contributed by atoms with Crippen LogP contribution >= 0.6 is 0 Å². The molecule has 0 bridgehead atoms. The highest BCUT2D eigenvalue weighted by Gasteiger charge is 2.27. The molecule has 1 saturated heterocycles. The van der Waals surface area contributed by atoms with Crippen LogP contribution in [0.2, 0.25) is 0 Å². The summed E-state index contributed by atoms with van der Waals surface area (Å²) in [6.07, 6.45) is 7.11. The van der Waals surface area contributed by atoms with Gasteiger partial charge in [0.25, 0.3) is 0 Å². The third-order valence-corrected chi connectivity index (χ3v) is 4.67. The van der Waals surface area contributed by atoms with Gasteiger partial charge in [0.15, 0.2) is 5.69 Å². The average Bonchev–Trinajstić information content (AvgIpc) is 3.26.